The van der Waals surface area contributed by atoms with E-state index in [0.29, 0.717) is 11.3 Å². The number of carbonyl (C=O) groups is 1. The maximum absolute atomic E-state index is 10.9. The number of nitrogens with two attached hydrogens (primary N) is 2. The fraction of sp³-hybridized carbons (Fsp3) is 0. The molecule has 0 atom stereocenters. The van der Waals surface area contributed by atoms with Crippen molar-refractivity contribution in [2.45, 2.75) is 0 Å². The number of amides is 1. The van der Waals surface area contributed by atoms with Gasteiger partial charge in [-0.15, -0.1) is 0 Å². The van der Waals surface area contributed by atoms with E-state index in [9.17, 15) is 4.79 Å². The maximum atomic E-state index is 10.9. The Balaban J connectivity index is 2.23. The first-order valence-corrected chi connectivity index (χ1v) is 5.30. The second-order valence-corrected chi connectivity index (χ2v) is 3.78. The fourth-order valence-electron chi connectivity index (χ4n) is 1.23. The van der Waals surface area contributed by atoms with Crippen molar-refractivity contribution in [3.8, 4) is 11.6 Å². The van der Waals surface area contributed by atoms with Crippen LogP contribution in [0.25, 0.3) is 0 Å². The summed E-state index contributed by atoms with van der Waals surface area (Å²) in [6.07, 6.45) is 1.34. The third-order valence-corrected chi connectivity index (χ3v) is 2.34. The van der Waals surface area contributed by atoms with Crippen LogP contribution in [0.4, 0.5) is 5.95 Å². The molecule has 0 saturated heterocycles. The number of primary amides is 1. The molecule has 1 aromatic heterocycles. The normalized spacial score (nSPS) is 10.1. The number of nitrogens with zero attached hydrogens (tertiary/aromatic N) is 2. The number of hydrogen-bond donors (Lipinski definition) is 2. The second kappa shape index (κ2) is 4.89. The molecule has 0 fully saturated rings. The van der Waals surface area contributed by atoms with Crippen molar-refractivity contribution in [3.63, 3.8) is 0 Å². The molecule has 0 saturated carbocycles. The fourth-order valence-corrected chi connectivity index (χ4v) is 1.36. The van der Waals surface area contributed by atoms with E-state index in [1.54, 1.807) is 12.1 Å². The number of hydrogen-bond acceptors (Lipinski definition) is 5. The molecule has 2 aromatic rings. The van der Waals surface area contributed by atoms with Crippen LogP contribution in [0.15, 0.2) is 30.5 Å². The zero-order valence-electron chi connectivity index (χ0n) is 9.13. The molecule has 0 aliphatic heterocycles. The molecule has 0 unspecified atom stereocenters. The first-order chi connectivity index (χ1) is 8.56. The molecule has 92 valence electrons. The number of aromatic nitrogens is 2. The number of nitrogen functional groups attached to an aromatic ring is 1. The van der Waals surface area contributed by atoms with Gasteiger partial charge < -0.3 is 16.2 Å². The van der Waals surface area contributed by atoms with Crippen molar-refractivity contribution in [2.75, 3.05) is 5.73 Å². The molecule has 0 spiro atoms. The van der Waals surface area contributed by atoms with Crippen LogP contribution in [-0.4, -0.2) is 15.9 Å². The molecular formula is C11H9ClN4O2. The molecule has 4 N–H and O–H groups in total. The third kappa shape index (κ3) is 2.67. The highest BCUT2D eigenvalue weighted by Gasteiger charge is 2.07. The zero-order valence-corrected chi connectivity index (χ0v) is 9.89. The van der Waals surface area contributed by atoms with E-state index in [2.05, 4.69) is 9.97 Å². The SMILES string of the molecule is NC(=O)c1ccc(Oc2nc(N)ncc2Cl)cc1. The van der Waals surface area contributed by atoms with Crippen LogP contribution in [0.3, 0.4) is 0 Å². The van der Waals surface area contributed by atoms with Gasteiger partial charge in [-0.1, -0.05) is 11.6 Å². The summed E-state index contributed by atoms with van der Waals surface area (Å²) in [4.78, 5) is 18.5. The largest absolute Gasteiger partial charge is 0.437 e. The minimum Gasteiger partial charge on any atom is -0.437 e. The summed E-state index contributed by atoms with van der Waals surface area (Å²) in [5.74, 6) is 0.157. The summed E-state index contributed by atoms with van der Waals surface area (Å²) in [6, 6.07) is 6.23. The number of anilines is 1. The number of ether oxygens (including phenoxy) is 1. The Hall–Kier alpha value is -2.34. The van der Waals surface area contributed by atoms with Gasteiger partial charge in [-0.25, -0.2) is 4.98 Å². The van der Waals surface area contributed by atoms with Crippen LogP contribution in [-0.2, 0) is 0 Å². The summed E-state index contributed by atoms with van der Waals surface area (Å²) in [7, 11) is 0. The van der Waals surface area contributed by atoms with Gasteiger partial charge in [0.05, 0.1) is 6.20 Å². The first-order valence-electron chi connectivity index (χ1n) is 4.92. The molecule has 1 amide bonds. The number of halogens is 1. The van der Waals surface area contributed by atoms with Gasteiger partial charge in [0.2, 0.25) is 17.7 Å². The van der Waals surface area contributed by atoms with E-state index < -0.39 is 5.91 Å². The molecule has 6 nitrogen and oxygen atoms in total. The Labute approximate surface area is 108 Å². The van der Waals surface area contributed by atoms with Gasteiger partial charge in [0.1, 0.15) is 10.8 Å². The first kappa shape index (κ1) is 12.1. The number of carbonyl (C=O) groups excluding carboxylic acids is 1. The van der Waals surface area contributed by atoms with E-state index >= 15 is 0 Å². The lowest BCUT2D eigenvalue weighted by atomic mass is 10.2. The minimum atomic E-state index is -0.508. The van der Waals surface area contributed by atoms with Crippen LogP contribution in [0, 0.1) is 0 Å². The summed E-state index contributed by atoms with van der Waals surface area (Å²) in [6.45, 7) is 0. The highest BCUT2D eigenvalue weighted by Crippen LogP contribution is 2.26. The minimum absolute atomic E-state index is 0.0585. The van der Waals surface area contributed by atoms with Gasteiger partial charge in [-0.3, -0.25) is 4.79 Å². The highest BCUT2D eigenvalue weighted by molar-refractivity contribution is 6.31. The highest BCUT2D eigenvalue weighted by atomic mass is 35.5. The summed E-state index contributed by atoms with van der Waals surface area (Å²) >= 11 is 5.85. The van der Waals surface area contributed by atoms with Crippen LogP contribution < -0.4 is 16.2 Å². The Kier molecular flexibility index (Phi) is 3.29. The molecule has 1 aromatic carbocycles. The molecule has 0 radical (unpaired) electrons. The average Bonchev–Trinajstić information content (AvgIpc) is 2.34. The molecule has 0 bridgehead atoms. The van der Waals surface area contributed by atoms with Crippen molar-refractivity contribution in [2.24, 2.45) is 5.73 Å². The van der Waals surface area contributed by atoms with Crippen LogP contribution in [0.1, 0.15) is 10.4 Å². The standard InChI is InChI=1S/C11H9ClN4O2/c12-8-5-15-11(14)16-10(8)18-7-3-1-6(2-4-7)9(13)17/h1-5H,(H2,13,17)(H2,14,15,16). The Morgan fingerprint density at radius 2 is 1.94 bits per heavy atom. The molecule has 1 heterocycles. The molecule has 18 heavy (non-hydrogen) atoms. The van der Waals surface area contributed by atoms with Crippen LogP contribution in [0.5, 0.6) is 11.6 Å². The van der Waals surface area contributed by atoms with Gasteiger partial charge in [-0.05, 0) is 24.3 Å². The summed E-state index contributed by atoms with van der Waals surface area (Å²) in [5, 5.41) is 0.239. The van der Waals surface area contributed by atoms with Crippen LogP contribution >= 0.6 is 11.6 Å². The average molecular weight is 265 g/mol. The number of rotatable bonds is 3. The van der Waals surface area contributed by atoms with Gasteiger partial charge in [0.15, 0.2) is 0 Å². The molecular weight excluding hydrogens is 256 g/mol. The lowest BCUT2D eigenvalue weighted by molar-refractivity contribution is 0.100. The van der Waals surface area contributed by atoms with E-state index in [0.717, 1.165) is 0 Å². The van der Waals surface area contributed by atoms with Gasteiger partial charge >= 0.3 is 0 Å². The van der Waals surface area contributed by atoms with E-state index in [1.807, 2.05) is 0 Å². The third-order valence-electron chi connectivity index (χ3n) is 2.08. The van der Waals surface area contributed by atoms with Crippen molar-refractivity contribution >= 4 is 23.5 Å². The maximum Gasteiger partial charge on any atom is 0.248 e. The Morgan fingerprint density at radius 1 is 1.28 bits per heavy atom. The Morgan fingerprint density at radius 3 is 2.56 bits per heavy atom. The topological polar surface area (TPSA) is 104 Å². The lowest BCUT2D eigenvalue weighted by Crippen LogP contribution is -2.10. The predicted molar refractivity (Wildman–Crippen MR) is 66.5 cm³/mol. The van der Waals surface area contributed by atoms with E-state index in [4.69, 9.17) is 27.8 Å². The van der Waals surface area contributed by atoms with E-state index in [-0.39, 0.29) is 16.9 Å². The molecule has 0 aliphatic carbocycles. The van der Waals surface area contributed by atoms with Crippen molar-refractivity contribution < 1.29 is 9.53 Å². The monoisotopic (exact) mass is 264 g/mol. The van der Waals surface area contributed by atoms with Crippen molar-refractivity contribution in [3.05, 3.63) is 41.0 Å². The molecule has 0 aliphatic rings. The van der Waals surface area contributed by atoms with Gasteiger partial charge in [0, 0.05) is 5.56 Å². The zero-order chi connectivity index (χ0) is 13.1. The Bertz CT molecular complexity index is 586. The summed E-state index contributed by atoms with van der Waals surface area (Å²) < 4.78 is 5.41. The smallest absolute Gasteiger partial charge is 0.248 e. The number of benzene rings is 1. The van der Waals surface area contributed by atoms with Crippen LogP contribution in [0.2, 0.25) is 5.02 Å². The van der Waals surface area contributed by atoms with E-state index in [1.165, 1.54) is 18.3 Å². The quantitative estimate of drug-likeness (QED) is 0.876. The molecule has 2 rings (SSSR count). The van der Waals surface area contributed by atoms with Gasteiger partial charge in [0.25, 0.3) is 0 Å². The lowest BCUT2D eigenvalue weighted by Gasteiger charge is -2.06. The van der Waals surface area contributed by atoms with Crippen molar-refractivity contribution in [1.82, 2.24) is 9.97 Å². The predicted octanol–water partition coefficient (Wildman–Crippen LogP) is 1.60. The van der Waals surface area contributed by atoms with Crippen molar-refractivity contribution in [1.29, 1.82) is 0 Å². The second-order valence-electron chi connectivity index (χ2n) is 3.37. The molecule has 7 heteroatoms. The van der Waals surface area contributed by atoms with Gasteiger partial charge in [-0.2, -0.15) is 4.98 Å². The summed E-state index contributed by atoms with van der Waals surface area (Å²) in [5.41, 5.74) is 10.9.